The molecule has 0 spiro atoms. The Morgan fingerprint density at radius 1 is 0.947 bits per heavy atom. The van der Waals surface area contributed by atoms with Gasteiger partial charge < -0.3 is 4.98 Å². The number of hydrogen-bond donors (Lipinski definition) is 1. The van der Waals surface area contributed by atoms with Crippen molar-refractivity contribution >= 4 is 61.8 Å². The maximum Gasteiger partial charge on any atom is 0.140 e. The lowest BCUT2D eigenvalue weighted by atomic mass is 10.2. The highest BCUT2D eigenvalue weighted by Crippen LogP contribution is 2.32. The average Bonchev–Trinajstić information content (AvgIpc) is 2.75. The van der Waals surface area contributed by atoms with Crippen molar-refractivity contribution in [1.82, 2.24) is 9.97 Å². The molecule has 0 saturated heterocycles. The number of benzene rings is 2. The lowest BCUT2D eigenvalue weighted by Crippen LogP contribution is -1.82. The van der Waals surface area contributed by atoms with E-state index < -0.39 is 0 Å². The fourth-order valence-electron chi connectivity index (χ4n) is 1.81. The maximum absolute atomic E-state index is 6.19. The Kier molecular flexibility index (Phi) is 3.48. The number of halogens is 4. The van der Waals surface area contributed by atoms with Crippen LogP contribution in [0.5, 0.6) is 0 Å². The second-order valence-corrected chi connectivity index (χ2v) is 6.13. The van der Waals surface area contributed by atoms with Crippen LogP contribution in [0.25, 0.3) is 22.4 Å². The van der Waals surface area contributed by atoms with Gasteiger partial charge in [0.2, 0.25) is 0 Å². The molecule has 3 rings (SSSR count). The lowest BCUT2D eigenvalue weighted by molar-refractivity contribution is 1.33. The van der Waals surface area contributed by atoms with Gasteiger partial charge in [0.05, 0.1) is 26.1 Å². The lowest BCUT2D eigenvalue weighted by Gasteiger charge is -2.00. The van der Waals surface area contributed by atoms with Crippen molar-refractivity contribution in [3.63, 3.8) is 0 Å². The van der Waals surface area contributed by atoms with Crippen LogP contribution >= 0.6 is 50.7 Å². The van der Waals surface area contributed by atoms with E-state index in [1.807, 2.05) is 18.2 Å². The standard InChI is InChI=1S/C13H6BrCl3N2/c14-6-1-2-8(15)7(3-6)13-18-11-4-9(16)10(17)5-12(11)19-13/h1-5H,(H,18,19). The van der Waals surface area contributed by atoms with E-state index >= 15 is 0 Å². The number of nitrogens with zero attached hydrogens (tertiary/aromatic N) is 1. The third kappa shape index (κ3) is 2.48. The predicted octanol–water partition coefficient (Wildman–Crippen LogP) is 5.95. The summed E-state index contributed by atoms with van der Waals surface area (Å²) in [5, 5.41) is 1.59. The van der Waals surface area contributed by atoms with E-state index in [9.17, 15) is 0 Å². The van der Waals surface area contributed by atoms with Crippen molar-refractivity contribution < 1.29 is 0 Å². The first-order valence-electron chi connectivity index (χ1n) is 5.35. The Labute approximate surface area is 132 Å². The Hall–Kier alpha value is -0.740. The molecule has 0 saturated carbocycles. The van der Waals surface area contributed by atoms with Crippen molar-refractivity contribution in [2.24, 2.45) is 0 Å². The summed E-state index contributed by atoms with van der Waals surface area (Å²) >= 11 is 21.6. The highest BCUT2D eigenvalue weighted by molar-refractivity contribution is 9.10. The van der Waals surface area contributed by atoms with E-state index in [1.54, 1.807) is 12.1 Å². The van der Waals surface area contributed by atoms with E-state index in [0.717, 1.165) is 21.1 Å². The van der Waals surface area contributed by atoms with Crippen LogP contribution in [0.3, 0.4) is 0 Å². The minimum atomic E-state index is 0.479. The van der Waals surface area contributed by atoms with Crippen LogP contribution in [0.4, 0.5) is 0 Å². The number of nitrogens with one attached hydrogen (secondary N) is 1. The zero-order chi connectivity index (χ0) is 13.6. The SMILES string of the molecule is Clc1cc2nc(-c3cc(Br)ccc3Cl)[nH]c2cc1Cl. The minimum absolute atomic E-state index is 0.479. The summed E-state index contributed by atoms with van der Waals surface area (Å²) in [4.78, 5) is 7.67. The molecule has 3 aromatic rings. The zero-order valence-electron chi connectivity index (χ0n) is 9.35. The molecule has 0 aliphatic carbocycles. The quantitative estimate of drug-likeness (QED) is 0.558. The second-order valence-electron chi connectivity index (χ2n) is 3.99. The zero-order valence-corrected chi connectivity index (χ0v) is 13.2. The van der Waals surface area contributed by atoms with E-state index in [1.165, 1.54) is 0 Å². The van der Waals surface area contributed by atoms with Gasteiger partial charge in [0, 0.05) is 10.0 Å². The molecular formula is C13H6BrCl3N2. The smallest absolute Gasteiger partial charge is 0.140 e. The number of rotatable bonds is 1. The van der Waals surface area contributed by atoms with Gasteiger partial charge in [-0.05, 0) is 30.3 Å². The molecule has 1 heterocycles. The highest BCUT2D eigenvalue weighted by Gasteiger charge is 2.11. The third-order valence-corrected chi connectivity index (χ3v) is 4.25. The second kappa shape index (κ2) is 4.98. The molecule has 2 nitrogen and oxygen atoms in total. The van der Waals surface area contributed by atoms with Crippen molar-refractivity contribution in [1.29, 1.82) is 0 Å². The Morgan fingerprint density at radius 2 is 1.68 bits per heavy atom. The van der Waals surface area contributed by atoms with Crippen LogP contribution in [0, 0.1) is 0 Å². The Balaban J connectivity index is 2.23. The molecule has 0 amide bonds. The van der Waals surface area contributed by atoms with Crippen LogP contribution in [0.1, 0.15) is 0 Å². The van der Waals surface area contributed by atoms with Gasteiger partial charge in [-0.15, -0.1) is 0 Å². The van der Waals surface area contributed by atoms with Crippen LogP contribution < -0.4 is 0 Å². The van der Waals surface area contributed by atoms with Gasteiger partial charge >= 0.3 is 0 Å². The average molecular weight is 376 g/mol. The molecule has 2 aromatic carbocycles. The Bertz CT molecular complexity index is 744. The van der Waals surface area contributed by atoms with E-state index in [4.69, 9.17) is 34.8 Å². The monoisotopic (exact) mass is 374 g/mol. The van der Waals surface area contributed by atoms with Crippen LogP contribution in [0.2, 0.25) is 15.1 Å². The topological polar surface area (TPSA) is 28.7 Å². The van der Waals surface area contributed by atoms with Gasteiger partial charge in [-0.1, -0.05) is 50.7 Å². The first-order valence-corrected chi connectivity index (χ1v) is 7.27. The summed E-state index contributed by atoms with van der Waals surface area (Å²) in [6, 6.07) is 9.08. The van der Waals surface area contributed by atoms with Crippen molar-refractivity contribution in [2.75, 3.05) is 0 Å². The first-order chi connectivity index (χ1) is 9.04. The fourth-order valence-corrected chi connectivity index (χ4v) is 2.70. The molecular weight excluding hydrogens is 370 g/mol. The third-order valence-electron chi connectivity index (χ3n) is 2.71. The highest BCUT2D eigenvalue weighted by atomic mass is 79.9. The number of imidazole rings is 1. The number of aromatic nitrogens is 2. The molecule has 96 valence electrons. The van der Waals surface area contributed by atoms with Crippen molar-refractivity contribution in [2.45, 2.75) is 0 Å². The van der Waals surface area contributed by atoms with E-state index in [2.05, 4.69) is 25.9 Å². The number of fused-ring (bicyclic) bond motifs is 1. The van der Waals surface area contributed by atoms with Gasteiger partial charge in [-0.25, -0.2) is 4.98 Å². The van der Waals surface area contributed by atoms with Crippen LogP contribution in [0.15, 0.2) is 34.8 Å². The molecule has 19 heavy (non-hydrogen) atoms. The van der Waals surface area contributed by atoms with E-state index in [-0.39, 0.29) is 0 Å². The first kappa shape index (κ1) is 13.3. The van der Waals surface area contributed by atoms with Gasteiger partial charge in [-0.2, -0.15) is 0 Å². The van der Waals surface area contributed by atoms with Crippen LogP contribution in [-0.2, 0) is 0 Å². The largest absolute Gasteiger partial charge is 0.338 e. The molecule has 0 atom stereocenters. The summed E-state index contributed by atoms with van der Waals surface area (Å²) < 4.78 is 0.934. The number of H-pyrrole nitrogens is 1. The Morgan fingerprint density at radius 3 is 2.47 bits per heavy atom. The normalized spacial score (nSPS) is 11.2. The van der Waals surface area contributed by atoms with Gasteiger partial charge in [0.25, 0.3) is 0 Å². The fraction of sp³-hybridized carbons (Fsp3) is 0. The van der Waals surface area contributed by atoms with Crippen molar-refractivity contribution in [3.8, 4) is 11.4 Å². The predicted molar refractivity (Wildman–Crippen MR) is 84.3 cm³/mol. The summed E-state index contributed by atoms with van der Waals surface area (Å²) in [6.07, 6.45) is 0. The molecule has 1 N–H and O–H groups in total. The van der Waals surface area contributed by atoms with Crippen molar-refractivity contribution in [3.05, 3.63) is 49.9 Å². The summed E-state index contributed by atoms with van der Waals surface area (Å²) in [5.74, 6) is 0.680. The molecule has 0 unspecified atom stereocenters. The number of hydrogen-bond acceptors (Lipinski definition) is 1. The summed E-state index contributed by atoms with van der Waals surface area (Å²) in [6.45, 7) is 0. The molecule has 6 heteroatoms. The molecule has 0 bridgehead atoms. The molecule has 0 aliphatic rings. The van der Waals surface area contributed by atoms with Crippen LogP contribution in [-0.4, -0.2) is 9.97 Å². The summed E-state index contributed by atoms with van der Waals surface area (Å²) in [5.41, 5.74) is 2.39. The van der Waals surface area contributed by atoms with E-state index in [0.29, 0.717) is 20.9 Å². The molecule has 0 aliphatic heterocycles. The minimum Gasteiger partial charge on any atom is -0.338 e. The van der Waals surface area contributed by atoms with Gasteiger partial charge in [0.15, 0.2) is 0 Å². The molecule has 0 radical (unpaired) electrons. The molecule has 0 fully saturated rings. The van der Waals surface area contributed by atoms with Gasteiger partial charge in [-0.3, -0.25) is 0 Å². The number of aromatic amines is 1. The van der Waals surface area contributed by atoms with Gasteiger partial charge in [0.1, 0.15) is 5.82 Å². The summed E-state index contributed by atoms with van der Waals surface area (Å²) in [7, 11) is 0. The molecule has 1 aromatic heterocycles. The maximum atomic E-state index is 6.19.